The van der Waals surface area contributed by atoms with Gasteiger partial charge in [0.2, 0.25) is 10.0 Å². The fraction of sp³-hybridized carbons (Fsp3) is 0.0625. The molecule has 0 aliphatic carbocycles. The number of hydrogen-bond donors (Lipinski definition) is 1. The number of nitrogens with zero attached hydrogens (tertiary/aromatic N) is 2. The van der Waals surface area contributed by atoms with Crippen molar-refractivity contribution in [3.63, 3.8) is 0 Å². The number of hydrogen-bond acceptors (Lipinski definition) is 3. The van der Waals surface area contributed by atoms with Gasteiger partial charge in [-0.15, -0.1) is 0 Å². The van der Waals surface area contributed by atoms with Crippen LogP contribution in [0.5, 0.6) is 0 Å². The van der Waals surface area contributed by atoms with Crippen molar-refractivity contribution in [3.8, 4) is 16.8 Å². The summed E-state index contributed by atoms with van der Waals surface area (Å²) in [4.78, 5) is -0.734. The highest BCUT2D eigenvalue weighted by atomic mass is 35.5. The third-order valence-corrected chi connectivity index (χ3v) is 5.13. The maximum atomic E-state index is 13.7. The molecular formula is C16H10Cl2F3N3O2S. The number of aromatic nitrogens is 2. The van der Waals surface area contributed by atoms with Gasteiger partial charge in [-0.25, -0.2) is 18.2 Å². The largest absolute Gasteiger partial charge is 0.418 e. The molecule has 2 N–H and O–H groups in total. The van der Waals surface area contributed by atoms with Crippen LogP contribution in [-0.2, 0) is 16.2 Å². The third-order valence-electron chi connectivity index (χ3n) is 3.66. The number of nitrogens with two attached hydrogens (primary N) is 1. The average molecular weight is 436 g/mol. The Morgan fingerprint density at radius 3 is 2.33 bits per heavy atom. The van der Waals surface area contributed by atoms with E-state index < -0.39 is 32.3 Å². The van der Waals surface area contributed by atoms with E-state index in [2.05, 4.69) is 5.10 Å². The van der Waals surface area contributed by atoms with Gasteiger partial charge in [0, 0.05) is 28.0 Å². The van der Waals surface area contributed by atoms with Gasteiger partial charge in [0.25, 0.3) is 0 Å². The number of alkyl halides is 3. The molecule has 3 rings (SSSR count). The minimum Gasteiger partial charge on any atom is -0.239 e. The van der Waals surface area contributed by atoms with Crippen molar-refractivity contribution in [1.29, 1.82) is 0 Å². The first-order valence-corrected chi connectivity index (χ1v) is 9.52. The summed E-state index contributed by atoms with van der Waals surface area (Å²) in [6.07, 6.45) is -2.47. The molecule has 0 saturated heterocycles. The van der Waals surface area contributed by atoms with Crippen molar-refractivity contribution >= 4 is 33.2 Å². The highest BCUT2D eigenvalue weighted by molar-refractivity contribution is 7.89. The Bertz CT molecular complexity index is 1110. The molecule has 1 aromatic heterocycles. The Kier molecular flexibility index (Phi) is 4.98. The topological polar surface area (TPSA) is 78.0 Å². The lowest BCUT2D eigenvalue weighted by Gasteiger charge is -2.18. The van der Waals surface area contributed by atoms with E-state index in [4.69, 9.17) is 28.3 Å². The zero-order chi connectivity index (χ0) is 20.0. The van der Waals surface area contributed by atoms with Crippen LogP contribution in [0.1, 0.15) is 5.56 Å². The molecule has 0 spiro atoms. The number of benzene rings is 2. The SMILES string of the molecule is NS(=O)(=O)c1cc(-c2ccc(Cl)cc2Cl)cc(C(F)(F)F)c1-n1cccn1. The summed E-state index contributed by atoms with van der Waals surface area (Å²) in [7, 11) is -4.52. The van der Waals surface area contributed by atoms with Gasteiger partial charge in [-0.2, -0.15) is 18.3 Å². The molecule has 0 fully saturated rings. The Morgan fingerprint density at radius 2 is 1.81 bits per heavy atom. The number of rotatable bonds is 3. The van der Waals surface area contributed by atoms with Crippen LogP contribution in [0.2, 0.25) is 10.0 Å². The van der Waals surface area contributed by atoms with Crippen LogP contribution in [-0.4, -0.2) is 18.2 Å². The summed E-state index contributed by atoms with van der Waals surface area (Å²) in [5.74, 6) is 0. The van der Waals surface area contributed by atoms with E-state index in [1.165, 1.54) is 36.7 Å². The maximum absolute atomic E-state index is 13.7. The molecule has 0 aliphatic rings. The van der Waals surface area contributed by atoms with E-state index >= 15 is 0 Å². The summed E-state index contributed by atoms with van der Waals surface area (Å²) >= 11 is 11.9. The fourth-order valence-electron chi connectivity index (χ4n) is 2.56. The third kappa shape index (κ3) is 3.96. The summed E-state index contributed by atoms with van der Waals surface area (Å²) in [5.41, 5.74) is -1.82. The second kappa shape index (κ2) is 6.83. The molecule has 3 aromatic rings. The second-order valence-electron chi connectivity index (χ2n) is 5.49. The number of sulfonamides is 1. The van der Waals surface area contributed by atoms with Crippen molar-refractivity contribution in [2.45, 2.75) is 11.1 Å². The highest BCUT2D eigenvalue weighted by Crippen LogP contribution is 2.41. The maximum Gasteiger partial charge on any atom is 0.418 e. The van der Waals surface area contributed by atoms with Crippen molar-refractivity contribution in [3.05, 3.63) is 64.4 Å². The minimum absolute atomic E-state index is 0.0582. The molecule has 2 aromatic carbocycles. The molecule has 5 nitrogen and oxygen atoms in total. The first-order valence-electron chi connectivity index (χ1n) is 7.22. The van der Waals surface area contributed by atoms with Gasteiger partial charge in [0.05, 0.1) is 11.3 Å². The Labute approximate surface area is 162 Å². The first-order chi connectivity index (χ1) is 12.5. The van der Waals surface area contributed by atoms with Gasteiger partial charge < -0.3 is 0 Å². The first kappa shape index (κ1) is 19.7. The summed E-state index contributed by atoms with van der Waals surface area (Å²) < 4.78 is 66.1. The van der Waals surface area contributed by atoms with Crippen LogP contribution in [0.4, 0.5) is 13.2 Å². The predicted molar refractivity (Wildman–Crippen MR) is 95.4 cm³/mol. The van der Waals surface area contributed by atoms with Crippen LogP contribution in [0.15, 0.2) is 53.7 Å². The van der Waals surface area contributed by atoms with Gasteiger partial charge in [0.1, 0.15) is 4.90 Å². The average Bonchev–Trinajstić information content (AvgIpc) is 3.06. The highest BCUT2D eigenvalue weighted by Gasteiger charge is 2.38. The van der Waals surface area contributed by atoms with Crippen molar-refractivity contribution in [2.24, 2.45) is 5.14 Å². The molecule has 0 saturated carbocycles. The molecule has 0 radical (unpaired) electrons. The molecule has 0 bridgehead atoms. The summed E-state index contributed by atoms with van der Waals surface area (Å²) in [5, 5.41) is 9.25. The fourth-order valence-corrected chi connectivity index (χ4v) is 3.84. The van der Waals surface area contributed by atoms with E-state index in [1.807, 2.05) is 0 Å². The normalized spacial score (nSPS) is 12.4. The van der Waals surface area contributed by atoms with E-state index in [1.54, 1.807) is 0 Å². The van der Waals surface area contributed by atoms with Crippen LogP contribution in [0.25, 0.3) is 16.8 Å². The van der Waals surface area contributed by atoms with Crippen LogP contribution < -0.4 is 5.14 Å². The van der Waals surface area contributed by atoms with E-state index in [0.717, 1.165) is 16.8 Å². The van der Waals surface area contributed by atoms with E-state index in [0.29, 0.717) is 0 Å². The Morgan fingerprint density at radius 1 is 1.11 bits per heavy atom. The van der Waals surface area contributed by atoms with Crippen LogP contribution in [0.3, 0.4) is 0 Å². The molecule has 11 heteroatoms. The van der Waals surface area contributed by atoms with Crippen molar-refractivity contribution in [2.75, 3.05) is 0 Å². The number of halogens is 5. The summed E-state index contributed by atoms with van der Waals surface area (Å²) in [6, 6.07) is 7.33. The quantitative estimate of drug-likeness (QED) is 0.656. The molecule has 0 atom stereocenters. The standard InChI is InChI=1S/C16H10Cl2F3N3O2S/c17-10-2-3-11(13(18)8-10)9-6-12(16(19,20)21)15(24-5-1-4-23-24)14(7-9)27(22,25)26/h1-8H,(H2,22,25,26). The van der Waals surface area contributed by atoms with Crippen molar-refractivity contribution in [1.82, 2.24) is 9.78 Å². The minimum atomic E-state index is -4.88. The molecule has 1 heterocycles. The monoisotopic (exact) mass is 435 g/mol. The lowest BCUT2D eigenvalue weighted by Crippen LogP contribution is -2.20. The molecule has 0 amide bonds. The summed E-state index contributed by atoms with van der Waals surface area (Å²) in [6.45, 7) is 0. The zero-order valence-electron chi connectivity index (χ0n) is 13.2. The Hall–Kier alpha value is -2.07. The zero-order valence-corrected chi connectivity index (χ0v) is 15.5. The van der Waals surface area contributed by atoms with Gasteiger partial charge in [-0.05, 0) is 35.9 Å². The Balaban J connectivity index is 2.43. The van der Waals surface area contributed by atoms with Crippen LogP contribution in [0, 0.1) is 0 Å². The molecule has 142 valence electrons. The van der Waals surface area contributed by atoms with Gasteiger partial charge in [-0.1, -0.05) is 29.3 Å². The molecular weight excluding hydrogens is 426 g/mol. The molecule has 0 aliphatic heterocycles. The molecule has 27 heavy (non-hydrogen) atoms. The smallest absolute Gasteiger partial charge is 0.239 e. The lowest BCUT2D eigenvalue weighted by atomic mass is 10.0. The van der Waals surface area contributed by atoms with Crippen LogP contribution >= 0.6 is 23.2 Å². The predicted octanol–water partition coefficient (Wildman–Crippen LogP) is 4.51. The van der Waals surface area contributed by atoms with E-state index in [-0.39, 0.29) is 21.2 Å². The van der Waals surface area contributed by atoms with Gasteiger partial charge >= 0.3 is 6.18 Å². The lowest BCUT2D eigenvalue weighted by molar-refractivity contribution is -0.137. The van der Waals surface area contributed by atoms with E-state index in [9.17, 15) is 21.6 Å². The number of primary sulfonamides is 1. The van der Waals surface area contributed by atoms with Gasteiger partial charge in [-0.3, -0.25) is 0 Å². The van der Waals surface area contributed by atoms with Crippen molar-refractivity contribution < 1.29 is 21.6 Å². The van der Waals surface area contributed by atoms with Gasteiger partial charge in [0.15, 0.2) is 0 Å². The second-order valence-corrected chi connectivity index (χ2v) is 7.86. The molecule has 0 unspecified atom stereocenters.